The van der Waals surface area contributed by atoms with Gasteiger partial charge in [0.15, 0.2) is 0 Å². The molecular weight excluding hydrogens is 376 g/mol. The van der Waals surface area contributed by atoms with Crippen LogP contribution < -0.4 is 5.32 Å². The van der Waals surface area contributed by atoms with Crippen molar-refractivity contribution in [3.8, 4) is 0 Å². The maximum absolute atomic E-state index is 12.8. The lowest BCUT2D eigenvalue weighted by Gasteiger charge is -2.32. The van der Waals surface area contributed by atoms with Gasteiger partial charge in [-0.05, 0) is 69.4 Å². The quantitative estimate of drug-likeness (QED) is 0.694. The number of aryl methyl sites for hydroxylation is 2. The van der Waals surface area contributed by atoms with Crippen LogP contribution in [0.25, 0.3) is 0 Å². The van der Waals surface area contributed by atoms with E-state index >= 15 is 0 Å². The van der Waals surface area contributed by atoms with Gasteiger partial charge < -0.3 is 5.32 Å². The van der Waals surface area contributed by atoms with Crippen LogP contribution in [0.4, 0.5) is 0 Å². The Hall–Kier alpha value is -2.19. The third kappa shape index (κ3) is 4.62. The SMILES string of the molecule is Cc1[nH]ncc1CCCNC(=O)c1ccc(S(=O)(=O)N2CCCCC2C)cc1. The largest absolute Gasteiger partial charge is 0.352 e. The van der Waals surface area contributed by atoms with Gasteiger partial charge in [0.25, 0.3) is 5.91 Å². The number of hydrogen-bond acceptors (Lipinski definition) is 4. The number of H-pyrrole nitrogens is 1. The predicted octanol–water partition coefficient (Wildman–Crippen LogP) is 2.64. The summed E-state index contributed by atoms with van der Waals surface area (Å²) in [5.41, 5.74) is 2.66. The number of nitrogens with one attached hydrogen (secondary N) is 2. The number of amides is 1. The molecule has 8 heteroatoms. The molecule has 0 spiro atoms. The lowest BCUT2D eigenvalue weighted by Crippen LogP contribution is -2.41. The first-order valence-electron chi connectivity index (χ1n) is 9.78. The van der Waals surface area contributed by atoms with Gasteiger partial charge in [-0.3, -0.25) is 9.89 Å². The summed E-state index contributed by atoms with van der Waals surface area (Å²) < 4.78 is 27.3. The van der Waals surface area contributed by atoms with Gasteiger partial charge in [0.05, 0.1) is 11.1 Å². The molecule has 1 aliphatic rings. The van der Waals surface area contributed by atoms with Crippen LogP contribution in [0, 0.1) is 6.92 Å². The molecule has 1 unspecified atom stereocenters. The third-order valence-corrected chi connectivity index (χ3v) is 7.34. The maximum Gasteiger partial charge on any atom is 0.251 e. The van der Waals surface area contributed by atoms with Crippen molar-refractivity contribution in [2.75, 3.05) is 13.1 Å². The van der Waals surface area contributed by atoms with E-state index in [4.69, 9.17) is 0 Å². The zero-order valence-electron chi connectivity index (χ0n) is 16.4. The van der Waals surface area contributed by atoms with E-state index in [0.717, 1.165) is 43.4 Å². The molecule has 2 aromatic rings. The summed E-state index contributed by atoms with van der Waals surface area (Å²) in [6.07, 6.45) is 6.30. The van der Waals surface area contributed by atoms with Crippen molar-refractivity contribution >= 4 is 15.9 Å². The topological polar surface area (TPSA) is 95.2 Å². The van der Waals surface area contributed by atoms with E-state index in [1.807, 2.05) is 13.8 Å². The molecule has 1 aromatic carbocycles. The number of hydrogen-bond donors (Lipinski definition) is 2. The molecule has 2 heterocycles. The maximum atomic E-state index is 12.8. The summed E-state index contributed by atoms with van der Waals surface area (Å²) in [5, 5.41) is 9.76. The second kappa shape index (κ2) is 8.87. The summed E-state index contributed by atoms with van der Waals surface area (Å²) in [6, 6.07) is 6.23. The van der Waals surface area contributed by atoms with Gasteiger partial charge in [0.2, 0.25) is 10.0 Å². The Morgan fingerprint density at radius 3 is 2.68 bits per heavy atom. The van der Waals surface area contributed by atoms with E-state index < -0.39 is 10.0 Å². The van der Waals surface area contributed by atoms with Crippen LogP contribution in [0.2, 0.25) is 0 Å². The molecular formula is C20H28N4O3S. The van der Waals surface area contributed by atoms with Crippen molar-refractivity contribution in [1.29, 1.82) is 0 Å². The number of carbonyl (C=O) groups is 1. The number of piperidine rings is 1. The summed E-state index contributed by atoms with van der Waals surface area (Å²) in [5.74, 6) is -0.195. The summed E-state index contributed by atoms with van der Waals surface area (Å²) in [6.45, 7) is 5.03. The Kier molecular flexibility index (Phi) is 6.51. The minimum Gasteiger partial charge on any atom is -0.352 e. The number of carbonyl (C=O) groups excluding carboxylic acids is 1. The van der Waals surface area contributed by atoms with Crippen molar-refractivity contribution < 1.29 is 13.2 Å². The smallest absolute Gasteiger partial charge is 0.251 e. The molecule has 1 aliphatic heterocycles. The molecule has 1 amide bonds. The predicted molar refractivity (Wildman–Crippen MR) is 108 cm³/mol. The van der Waals surface area contributed by atoms with Gasteiger partial charge in [-0.25, -0.2) is 8.42 Å². The van der Waals surface area contributed by atoms with Crippen molar-refractivity contribution in [1.82, 2.24) is 19.8 Å². The van der Waals surface area contributed by atoms with Gasteiger partial charge in [0.1, 0.15) is 0 Å². The van der Waals surface area contributed by atoms with Crippen molar-refractivity contribution in [3.63, 3.8) is 0 Å². The first-order chi connectivity index (χ1) is 13.4. The first kappa shape index (κ1) is 20.5. The number of aromatic amines is 1. The minimum atomic E-state index is -3.51. The normalized spacial score (nSPS) is 18.1. The van der Waals surface area contributed by atoms with E-state index in [2.05, 4.69) is 15.5 Å². The van der Waals surface area contributed by atoms with Crippen LogP contribution in [0.5, 0.6) is 0 Å². The highest BCUT2D eigenvalue weighted by Crippen LogP contribution is 2.25. The zero-order valence-corrected chi connectivity index (χ0v) is 17.3. The van der Waals surface area contributed by atoms with Crippen LogP contribution in [-0.4, -0.2) is 48.0 Å². The molecule has 1 aromatic heterocycles. The lowest BCUT2D eigenvalue weighted by molar-refractivity contribution is 0.0953. The molecule has 152 valence electrons. The Morgan fingerprint density at radius 1 is 1.29 bits per heavy atom. The van der Waals surface area contributed by atoms with E-state index in [9.17, 15) is 13.2 Å². The summed E-state index contributed by atoms with van der Waals surface area (Å²) in [4.78, 5) is 12.5. The van der Waals surface area contributed by atoms with Gasteiger partial charge in [-0.1, -0.05) is 6.42 Å². The van der Waals surface area contributed by atoms with Crippen molar-refractivity contribution in [2.24, 2.45) is 0 Å². The number of benzene rings is 1. The molecule has 1 saturated heterocycles. The molecule has 7 nitrogen and oxygen atoms in total. The molecule has 1 fully saturated rings. The standard InChI is InChI=1S/C20H28N4O3S/c1-15-6-3-4-13-24(15)28(26,27)19-10-8-17(9-11-19)20(25)21-12-5-7-18-14-22-23-16(18)2/h8-11,14-15H,3-7,12-13H2,1-2H3,(H,21,25)(H,22,23). The number of sulfonamides is 1. The van der Waals surface area contributed by atoms with Gasteiger partial charge >= 0.3 is 0 Å². The molecule has 2 N–H and O–H groups in total. The molecule has 0 bridgehead atoms. The van der Waals surface area contributed by atoms with Crippen LogP contribution >= 0.6 is 0 Å². The average molecular weight is 405 g/mol. The molecule has 0 saturated carbocycles. The monoisotopic (exact) mass is 404 g/mol. The Bertz CT molecular complexity index is 906. The van der Waals surface area contributed by atoms with Crippen LogP contribution in [0.15, 0.2) is 35.4 Å². The Balaban J connectivity index is 1.56. The van der Waals surface area contributed by atoms with Crippen LogP contribution in [0.1, 0.15) is 54.2 Å². The minimum absolute atomic E-state index is 0.0144. The second-order valence-corrected chi connectivity index (χ2v) is 9.26. The number of aromatic nitrogens is 2. The van der Waals surface area contributed by atoms with Crippen LogP contribution in [0.3, 0.4) is 0 Å². The Labute approximate surface area is 166 Å². The van der Waals surface area contributed by atoms with E-state index in [1.54, 1.807) is 22.6 Å². The molecule has 0 radical (unpaired) electrons. The van der Waals surface area contributed by atoms with E-state index in [0.29, 0.717) is 18.7 Å². The highest BCUT2D eigenvalue weighted by molar-refractivity contribution is 7.89. The van der Waals surface area contributed by atoms with Crippen molar-refractivity contribution in [2.45, 2.75) is 56.9 Å². The molecule has 28 heavy (non-hydrogen) atoms. The van der Waals surface area contributed by atoms with E-state index in [1.165, 1.54) is 12.1 Å². The summed E-state index contributed by atoms with van der Waals surface area (Å²) >= 11 is 0. The second-order valence-electron chi connectivity index (χ2n) is 7.36. The fourth-order valence-electron chi connectivity index (χ4n) is 3.55. The van der Waals surface area contributed by atoms with E-state index in [-0.39, 0.29) is 16.8 Å². The fraction of sp³-hybridized carbons (Fsp3) is 0.500. The molecule has 0 aliphatic carbocycles. The number of rotatable bonds is 7. The molecule has 1 atom stereocenters. The van der Waals surface area contributed by atoms with Gasteiger partial charge in [-0.2, -0.15) is 9.40 Å². The molecule has 3 rings (SSSR count). The average Bonchev–Trinajstić information content (AvgIpc) is 3.10. The third-order valence-electron chi connectivity index (χ3n) is 5.31. The lowest BCUT2D eigenvalue weighted by atomic mass is 10.1. The fourth-order valence-corrected chi connectivity index (χ4v) is 5.25. The van der Waals surface area contributed by atoms with Crippen LogP contribution in [-0.2, 0) is 16.4 Å². The van der Waals surface area contributed by atoms with Gasteiger partial charge in [-0.15, -0.1) is 0 Å². The summed E-state index contributed by atoms with van der Waals surface area (Å²) in [7, 11) is -3.51. The van der Waals surface area contributed by atoms with Crippen molar-refractivity contribution in [3.05, 3.63) is 47.3 Å². The highest BCUT2D eigenvalue weighted by Gasteiger charge is 2.30. The zero-order chi connectivity index (χ0) is 20.1. The Morgan fingerprint density at radius 2 is 2.04 bits per heavy atom. The van der Waals surface area contributed by atoms with Gasteiger partial charge in [0, 0.05) is 30.4 Å². The highest BCUT2D eigenvalue weighted by atomic mass is 32.2. The number of nitrogens with zero attached hydrogens (tertiary/aromatic N) is 2. The first-order valence-corrected chi connectivity index (χ1v) is 11.2.